The number of ether oxygens (including phenoxy) is 1. The normalized spacial score (nSPS) is 10.7. The molecule has 0 unspecified atom stereocenters. The van der Waals surface area contributed by atoms with E-state index in [2.05, 4.69) is 35.7 Å². The van der Waals surface area contributed by atoms with Gasteiger partial charge in [0, 0.05) is 24.0 Å². The van der Waals surface area contributed by atoms with E-state index in [4.69, 9.17) is 4.74 Å². The van der Waals surface area contributed by atoms with Gasteiger partial charge in [-0.05, 0) is 25.8 Å². The minimum atomic E-state index is 0.446. The van der Waals surface area contributed by atoms with Crippen molar-refractivity contribution in [1.29, 1.82) is 0 Å². The molecule has 4 nitrogen and oxygen atoms in total. The van der Waals surface area contributed by atoms with Gasteiger partial charge in [0.2, 0.25) is 0 Å². The minimum Gasteiger partial charge on any atom is -0.463 e. The lowest BCUT2D eigenvalue weighted by Crippen LogP contribution is -2.20. The second-order valence-corrected chi connectivity index (χ2v) is 4.71. The summed E-state index contributed by atoms with van der Waals surface area (Å²) in [5.41, 5.74) is 2.08. The van der Waals surface area contributed by atoms with E-state index in [1.165, 1.54) is 0 Å². The Morgan fingerprint density at radius 1 is 1.50 bits per heavy atom. The van der Waals surface area contributed by atoms with Gasteiger partial charge in [0.15, 0.2) is 0 Å². The zero-order valence-corrected chi connectivity index (χ0v) is 11.6. The summed E-state index contributed by atoms with van der Waals surface area (Å²) in [6, 6.07) is 0.446. The average Bonchev–Trinajstić information content (AvgIpc) is 2.32. The molecule has 1 rings (SSSR count). The van der Waals surface area contributed by atoms with Gasteiger partial charge in [0.1, 0.15) is 0 Å². The minimum absolute atomic E-state index is 0.446. The molecule has 0 saturated carbocycles. The summed E-state index contributed by atoms with van der Waals surface area (Å²) in [7, 11) is 0. The molecule has 0 aliphatic heterocycles. The summed E-state index contributed by atoms with van der Waals surface area (Å²) in [5.74, 6) is 0.646. The van der Waals surface area contributed by atoms with E-state index in [9.17, 15) is 0 Å². The largest absolute Gasteiger partial charge is 0.463 e. The third-order valence-corrected chi connectivity index (χ3v) is 2.48. The molecule has 1 aromatic rings. The number of rotatable bonds is 8. The lowest BCUT2D eigenvalue weighted by atomic mass is 10.2. The van der Waals surface area contributed by atoms with Crippen LogP contribution in [0.5, 0.6) is 6.01 Å². The summed E-state index contributed by atoms with van der Waals surface area (Å²) in [6.07, 6.45) is 4.45. The van der Waals surface area contributed by atoms with Gasteiger partial charge in [-0.25, -0.2) is 9.97 Å². The highest BCUT2D eigenvalue weighted by atomic mass is 16.5. The van der Waals surface area contributed by atoms with Crippen LogP contribution in [0, 0.1) is 12.8 Å². The lowest BCUT2D eigenvalue weighted by molar-refractivity contribution is 0.297. The maximum atomic E-state index is 5.41. The third kappa shape index (κ3) is 5.27. The zero-order valence-electron chi connectivity index (χ0n) is 11.6. The van der Waals surface area contributed by atoms with E-state index < -0.39 is 0 Å². The Kier molecular flexibility index (Phi) is 6.36. The van der Waals surface area contributed by atoms with Crippen LogP contribution in [-0.4, -0.2) is 23.1 Å². The second kappa shape index (κ2) is 7.82. The summed E-state index contributed by atoms with van der Waals surface area (Å²) < 4.78 is 5.41. The van der Waals surface area contributed by atoms with Crippen LogP contribution >= 0.6 is 0 Å². The molecule has 0 radical (unpaired) electrons. The van der Waals surface area contributed by atoms with E-state index in [0.29, 0.717) is 18.5 Å². The maximum absolute atomic E-state index is 5.41. The Morgan fingerprint density at radius 3 is 2.89 bits per heavy atom. The van der Waals surface area contributed by atoms with Crippen molar-refractivity contribution in [1.82, 2.24) is 15.3 Å². The molecule has 0 aromatic carbocycles. The number of nitrogens with zero attached hydrogens (tertiary/aromatic N) is 2. The van der Waals surface area contributed by atoms with Crippen molar-refractivity contribution in [3.8, 4) is 6.01 Å². The molecule has 0 fully saturated rings. The van der Waals surface area contributed by atoms with E-state index in [0.717, 1.165) is 30.8 Å². The molecular weight excluding hydrogens is 226 g/mol. The number of hydrogen-bond acceptors (Lipinski definition) is 4. The molecular formula is C14H23N3O. The predicted molar refractivity (Wildman–Crippen MR) is 73.6 cm³/mol. The van der Waals surface area contributed by atoms with Gasteiger partial charge in [-0.1, -0.05) is 19.9 Å². The smallest absolute Gasteiger partial charge is 0.316 e. The van der Waals surface area contributed by atoms with Crippen LogP contribution < -0.4 is 10.1 Å². The first kappa shape index (κ1) is 14.6. The Balaban J connectivity index is 2.48. The fourth-order valence-electron chi connectivity index (χ4n) is 1.44. The van der Waals surface area contributed by atoms with Crippen LogP contribution in [0.15, 0.2) is 18.9 Å². The van der Waals surface area contributed by atoms with E-state index in [1.54, 1.807) is 0 Å². The van der Waals surface area contributed by atoms with Crippen LogP contribution in [0.2, 0.25) is 0 Å². The van der Waals surface area contributed by atoms with Crippen LogP contribution in [-0.2, 0) is 6.54 Å². The van der Waals surface area contributed by atoms with Gasteiger partial charge in [0.25, 0.3) is 0 Å². The molecule has 1 N–H and O–H groups in total. The SMILES string of the molecule is C=CCCOc1ncc(CNCC(C)C)c(C)n1. The summed E-state index contributed by atoms with van der Waals surface area (Å²) in [6.45, 7) is 12.4. The summed E-state index contributed by atoms with van der Waals surface area (Å²) in [5, 5.41) is 3.38. The van der Waals surface area contributed by atoms with Crippen LogP contribution in [0.1, 0.15) is 31.5 Å². The van der Waals surface area contributed by atoms with Crippen molar-refractivity contribution >= 4 is 0 Å². The molecule has 1 heterocycles. The highest BCUT2D eigenvalue weighted by Gasteiger charge is 2.04. The van der Waals surface area contributed by atoms with Crippen LogP contribution in [0.4, 0.5) is 0 Å². The van der Waals surface area contributed by atoms with Crippen molar-refractivity contribution in [2.75, 3.05) is 13.2 Å². The Hall–Kier alpha value is -1.42. The first-order valence-corrected chi connectivity index (χ1v) is 6.40. The zero-order chi connectivity index (χ0) is 13.4. The van der Waals surface area contributed by atoms with Crippen molar-refractivity contribution in [2.24, 2.45) is 5.92 Å². The topological polar surface area (TPSA) is 47.0 Å². The maximum Gasteiger partial charge on any atom is 0.316 e. The predicted octanol–water partition coefficient (Wildman–Crippen LogP) is 2.49. The number of aryl methyl sites for hydroxylation is 1. The lowest BCUT2D eigenvalue weighted by Gasteiger charge is -2.10. The van der Waals surface area contributed by atoms with Crippen molar-refractivity contribution in [2.45, 2.75) is 33.7 Å². The van der Waals surface area contributed by atoms with Crippen LogP contribution in [0.25, 0.3) is 0 Å². The number of nitrogens with one attached hydrogen (secondary N) is 1. The molecule has 0 spiro atoms. The van der Waals surface area contributed by atoms with E-state index >= 15 is 0 Å². The first-order chi connectivity index (χ1) is 8.63. The van der Waals surface area contributed by atoms with Crippen LogP contribution in [0.3, 0.4) is 0 Å². The Morgan fingerprint density at radius 2 is 2.28 bits per heavy atom. The quantitative estimate of drug-likeness (QED) is 0.568. The highest BCUT2D eigenvalue weighted by Crippen LogP contribution is 2.09. The van der Waals surface area contributed by atoms with E-state index in [-0.39, 0.29) is 0 Å². The standard InChI is InChI=1S/C14H23N3O/c1-5-6-7-18-14-16-10-13(12(4)17-14)9-15-8-11(2)3/h5,10-11,15H,1,6-9H2,2-4H3. The van der Waals surface area contributed by atoms with Crippen molar-refractivity contribution < 1.29 is 4.74 Å². The van der Waals surface area contributed by atoms with Gasteiger partial charge in [-0.3, -0.25) is 0 Å². The Labute approximate surface area is 109 Å². The summed E-state index contributed by atoms with van der Waals surface area (Å²) >= 11 is 0. The molecule has 18 heavy (non-hydrogen) atoms. The molecule has 4 heteroatoms. The van der Waals surface area contributed by atoms with Gasteiger partial charge >= 0.3 is 6.01 Å². The third-order valence-electron chi connectivity index (χ3n) is 2.48. The van der Waals surface area contributed by atoms with Crippen molar-refractivity contribution in [3.63, 3.8) is 0 Å². The van der Waals surface area contributed by atoms with Gasteiger partial charge in [-0.2, -0.15) is 0 Å². The fraction of sp³-hybridized carbons (Fsp3) is 0.571. The molecule has 0 atom stereocenters. The van der Waals surface area contributed by atoms with Gasteiger partial charge in [0.05, 0.1) is 6.61 Å². The molecule has 0 saturated heterocycles. The molecule has 0 aliphatic rings. The van der Waals surface area contributed by atoms with Gasteiger partial charge < -0.3 is 10.1 Å². The molecule has 1 aromatic heterocycles. The highest BCUT2D eigenvalue weighted by molar-refractivity contribution is 5.17. The Bertz CT molecular complexity index is 377. The summed E-state index contributed by atoms with van der Waals surface area (Å²) in [4.78, 5) is 8.54. The molecule has 0 bridgehead atoms. The second-order valence-electron chi connectivity index (χ2n) is 4.71. The number of aromatic nitrogens is 2. The monoisotopic (exact) mass is 249 g/mol. The molecule has 100 valence electrons. The average molecular weight is 249 g/mol. The first-order valence-electron chi connectivity index (χ1n) is 6.40. The number of hydrogen-bond donors (Lipinski definition) is 1. The fourth-order valence-corrected chi connectivity index (χ4v) is 1.44. The molecule has 0 amide bonds. The van der Waals surface area contributed by atoms with E-state index in [1.807, 2.05) is 19.2 Å². The van der Waals surface area contributed by atoms with Gasteiger partial charge in [-0.15, -0.1) is 6.58 Å². The molecule has 0 aliphatic carbocycles. The van der Waals surface area contributed by atoms with Crippen molar-refractivity contribution in [3.05, 3.63) is 30.1 Å².